The standard InChI is InChI=1S/C9H7I/c1-2-4-8-5-3-6-9(10)7-8/h3-7H,1H2. The molecule has 0 nitrogen and oxygen atoms in total. The van der Waals surface area contributed by atoms with Crippen LogP contribution in [0.4, 0.5) is 0 Å². The lowest BCUT2D eigenvalue weighted by molar-refractivity contribution is 1.61. The highest BCUT2D eigenvalue weighted by Crippen LogP contribution is 2.08. The van der Waals surface area contributed by atoms with E-state index in [4.69, 9.17) is 0 Å². The smallest absolute Gasteiger partial charge is 0.0136 e. The van der Waals surface area contributed by atoms with Crippen LogP contribution in [-0.2, 0) is 0 Å². The van der Waals surface area contributed by atoms with Crippen LogP contribution in [0.5, 0.6) is 0 Å². The minimum absolute atomic E-state index is 1.15. The maximum absolute atomic E-state index is 3.50. The zero-order valence-corrected chi connectivity index (χ0v) is 7.63. The van der Waals surface area contributed by atoms with Crippen LogP contribution in [0.1, 0.15) is 5.56 Å². The Bertz CT molecular complexity index is 270. The first kappa shape index (κ1) is 7.58. The number of rotatable bonds is 1. The summed E-state index contributed by atoms with van der Waals surface area (Å²) in [5.41, 5.74) is 3.89. The van der Waals surface area contributed by atoms with E-state index in [1.54, 1.807) is 0 Å². The van der Waals surface area contributed by atoms with E-state index >= 15 is 0 Å². The van der Waals surface area contributed by atoms with Crippen LogP contribution < -0.4 is 0 Å². The molecule has 0 saturated carbocycles. The molecule has 1 aromatic carbocycles. The zero-order valence-electron chi connectivity index (χ0n) is 5.47. The van der Waals surface area contributed by atoms with E-state index in [1.807, 2.05) is 18.2 Å². The molecule has 10 heavy (non-hydrogen) atoms. The molecule has 0 spiro atoms. The van der Waals surface area contributed by atoms with Crippen molar-refractivity contribution in [2.45, 2.75) is 0 Å². The van der Waals surface area contributed by atoms with Gasteiger partial charge in [0.15, 0.2) is 0 Å². The van der Waals surface area contributed by atoms with Crippen LogP contribution in [0.25, 0.3) is 6.08 Å². The maximum atomic E-state index is 3.50. The van der Waals surface area contributed by atoms with Crippen LogP contribution in [-0.4, -0.2) is 0 Å². The fourth-order valence-corrected chi connectivity index (χ4v) is 1.28. The van der Waals surface area contributed by atoms with Crippen molar-refractivity contribution in [2.75, 3.05) is 0 Å². The lowest BCUT2D eigenvalue weighted by Crippen LogP contribution is -1.71. The monoisotopic (exact) mass is 242 g/mol. The van der Waals surface area contributed by atoms with E-state index < -0.39 is 0 Å². The third kappa shape index (κ3) is 2.01. The number of hydrogen-bond donors (Lipinski definition) is 0. The molecule has 0 aliphatic carbocycles. The van der Waals surface area contributed by atoms with Gasteiger partial charge in [-0.3, -0.25) is 0 Å². The Hall–Kier alpha value is -0.530. The average Bonchev–Trinajstić information content (AvgIpc) is 1.88. The van der Waals surface area contributed by atoms with Gasteiger partial charge in [-0.15, -0.1) is 5.73 Å². The second-order valence-corrected chi connectivity index (χ2v) is 3.15. The summed E-state index contributed by atoms with van der Waals surface area (Å²) in [4.78, 5) is 0. The number of benzene rings is 1. The predicted octanol–water partition coefficient (Wildman–Crippen LogP) is 3.09. The molecule has 0 saturated heterocycles. The van der Waals surface area contributed by atoms with Crippen molar-refractivity contribution in [3.05, 3.63) is 45.7 Å². The molecule has 0 aliphatic rings. The second-order valence-electron chi connectivity index (χ2n) is 1.90. The van der Waals surface area contributed by atoms with Crippen molar-refractivity contribution in [3.8, 4) is 0 Å². The van der Waals surface area contributed by atoms with Gasteiger partial charge >= 0.3 is 0 Å². The summed E-state index contributed by atoms with van der Waals surface area (Å²) in [7, 11) is 0. The molecular weight excluding hydrogens is 235 g/mol. The van der Waals surface area contributed by atoms with E-state index in [0.29, 0.717) is 0 Å². The molecule has 1 aromatic rings. The molecule has 0 aromatic heterocycles. The van der Waals surface area contributed by atoms with Crippen molar-refractivity contribution in [1.29, 1.82) is 0 Å². The van der Waals surface area contributed by atoms with Crippen LogP contribution in [0, 0.1) is 3.57 Å². The first-order valence-corrected chi connectivity index (χ1v) is 4.02. The molecule has 0 aliphatic heterocycles. The Labute approximate surface area is 74.4 Å². The largest absolute Gasteiger partial charge is 0.128 e. The third-order valence-electron chi connectivity index (χ3n) is 1.12. The van der Waals surface area contributed by atoms with E-state index in [-0.39, 0.29) is 0 Å². The maximum Gasteiger partial charge on any atom is 0.0136 e. The highest BCUT2D eigenvalue weighted by Gasteiger charge is 1.85. The molecule has 0 atom stereocenters. The predicted molar refractivity (Wildman–Crippen MR) is 52.8 cm³/mol. The Balaban J connectivity index is 3.06. The van der Waals surface area contributed by atoms with E-state index in [0.717, 1.165) is 5.56 Å². The zero-order chi connectivity index (χ0) is 7.40. The lowest BCUT2D eigenvalue weighted by atomic mass is 10.2. The summed E-state index contributed by atoms with van der Waals surface area (Å²) in [6, 6.07) is 8.19. The molecule has 1 rings (SSSR count). The van der Waals surface area contributed by atoms with E-state index in [9.17, 15) is 0 Å². The molecule has 0 radical (unpaired) electrons. The van der Waals surface area contributed by atoms with Crippen molar-refractivity contribution < 1.29 is 0 Å². The Kier molecular flexibility index (Phi) is 2.72. The van der Waals surface area contributed by atoms with Gasteiger partial charge in [0, 0.05) is 3.57 Å². The van der Waals surface area contributed by atoms with Crippen molar-refractivity contribution in [2.24, 2.45) is 0 Å². The Morgan fingerprint density at radius 1 is 1.50 bits per heavy atom. The van der Waals surface area contributed by atoms with Gasteiger partial charge in [0.25, 0.3) is 0 Å². The summed E-state index contributed by atoms with van der Waals surface area (Å²) in [5.74, 6) is 0. The number of halogens is 1. The summed E-state index contributed by atoms with van der Waals surface area (Å²) in [6.07, 6.45) is 1.86. The molecule has 0 amide bonds. The minimum Gasteiger partial charge on any atom is -0.128 e. The van der Waals surface area contributed by atoms with Gasteiger partial charge in [0.1, 0.15) is 0 Å². The molecule has 0 bridgehead atoms. The van der Waals surface area contributed by atoms with Gasteiger partial charge in [-0.1, -0.05) is 18.7 Å². The normalized spacial score (nSPS) is 8.50. The van der Waals surface area contributed by atoms with Gasteiger partial charge in [-0.05, 0) is 46.4 Å². The van der Waals surface area contributed by atoms with Crippen LogP contribution in [0.2, 0.25) is 0 Å². The summed E-state index contributed by atoms with van der Waals surface area (Å²) < 4.78 is 1.24. The fourth-order valence-electron chi connectivity index (χ4n) is 0.714. The molecule has 0 heterocycles. The molecule has 0 fully saturated rings. The second kappa shape index (κ2) is 3.59. The van der Waals surface area contributed by atoms with Crippen LogP contribution in [0.15, 0.2) is 36.6 Å². The molecule has 0 unspecified atom stereocenters. The van der Waals surface area contributed by atoms with Crippen molar-refractivity contribution in [3.63, 3.8) is 0 Å². The highest BCUT2D eigenvalue weighted by molar-refractivity contribution is 14.1. The molecule has 1 heteroatoms. The summed E-state index contributed by atoms with van der Waals surface area (Å²) in [5, 5.41) is 0. The highest BCUT2D eigenvalue weighted by atomic mass is 127. The van der Waals surface area contributed by atoms with Gasteiger partial charge < -0.3 is 0 Å². The third-order valence-corrected chi connectivity index (χ3v) is 1.79. The first-order chi connectivity index (χ1) is 4.83. The van der Waals surface area contributed by atoms with Crippen molar-refractivity contribution >= 4 is 28.7 Å². The lowest BCUT2D eigenvalue weighted by Gasteiger charge is -1.90. The van der Waals surface area contributed by atoms with Gasteiger partial charge in [-0.2, -0.15) is 0 Å². The quantitative estimate of drug-likeness (QED) is 0.524. The van der Waals surface area contributed by atoms with Gasteiger partial charge in [-0.25, -0.2) is 0 Å². The summed E-state index contributed by atoms with van der Waals surface area (Å²) >= 11 is 2.28. The topological polar surface area (TPSA) is 0 Å². The molecular formula is C9H7I. The van der Waals surface area contributed by atoms with E-state index in [2.05, 4.69) is 47.0 Å². The van der Waals surface area contributed by atoms with Gasteiger partial charge in [0.05, 0.1) is 0 Å². The number of hydrogen-bond acceptors (Lipinski definition) is 0. The average molecular weight is 242 g/mol. The first-order valence-electron chi connectivity index (χ1n) is 2.94. The summed E-state index contributed by atoms with van der Waals surface area (Å²) in [6.45, 7) is 3.50. The van der Waals surface area contributed by atoms with Gasteiger partial charge in [0.2, 0.25) is 0 Å². The molecule has 0 N–H and O–H groups in total. The van der Waals surface area contributed by atoms with Crippen LogP contribution in [0.3, 0.4) is 0 Å². The SMILES string of the molecule is C=C=Cc1cccc(I)c1. The molecule has 50 valence electrons. The fraction of sp³-hybridized carbons (Fsp3) is 0. The van der Waals surface area contributed by atoms with E-state index in [1.165, 1.54) is 3.57 Å². The Morgan fingerprint density at radius 2 is 2.30 bits per heavy atom. The minimum atomic E-state index is 1.15. The van der Waals surface area contributed by atoms with Crippen LogP contribution >= 0.6 is 22.6 Å². The Morgan fingerprint density at radius 3 is 2.90 bits per heavy atom. The van der Waals surface area contributed by atoms with Crippen molar-refractivity contribution in [1.82, 2.24) is 0 Å².